The zero-order valence-electron chi connectivity index (χ0n) is 9.83. The van der Waals surface area contributed by atoms with Crippen LogP contribution in [0.4, 0.5) is 0 Å². The van der Waals surface area contributed by atoms with Gasteiger partial charge in [-0.3, -0.25) is 0 Å². The number of nitrogens with zero attached hydrogens (tertiary/aromatic N) is 1. The monoisotopic (exact) mass is 201 g/mol. The van der Waals surface area contributed by atoms with E-state index < -0.39 is 0 Å². The van der Waals surface area contributed by atoms with Crippen LogP contribution in [0.5, 0.6) is 0 Å². The third-order valence-corrected chi connectivity index (χ3v) is 3.06. The van der Waals surface area contributed by atoms with Gasteiger partial charge in [-0.25, -0.2) is 0 Å². The zero-order chi connectivity index (χ0) is 10.8. The molecule has 0 radical (unpaired) electrons. The fourth-order valence-electron chi connectivity index (χ4n) is 2.19. The normalized spacial score (nSPS) is 15.2. The van der Waals surface area contributed by atoms with Crippen molar-refractivity contribution in [2.75, 3.05) is 6.54 Å². The van der Waals surface area contributed by atoms with Gasteiger partial charge in [0, 0.05) is 18.8 Å². The van der Waals surface area contributed by atoms with Gasteiger partial charge in [0.2, 0.25) is 0 Å². The standard InChI is InChI=1S/C14H19N/c1-4-15-10-13-8-6-5-7-12(13)9-14(15)11(2)3/h5-9,11H,4,10H2,1-3H3. The first-order valence-electron chi connectivity index (χ1n) is 5.76. The summed E-state index contributed by atoms with van der Waals surface area (Å²) >= 11 is 0. The van der Waals surface area contributed by atoms with E-state index in [0.29, 0.717) is 5.92 Å². The maximum Gasteiger partial charge on any atom is 0.0432 e. The first-order valence-corrected chi connectivity index (χ1v) is 5.76. The Labute approximate surface area is 92.4 Å². The predicted octanol–water partition coefficient (Wildman–Crippen LogP) is 3.52. The lowest BCUT2D eigenvalue weighted by Gasteiger charge is -2.33. The lowest BCUT2D eigenvalue weighted by Crippen LogP contribution is -2.27. The number of allylic oxidation sites excluding steroid dienone is 1. The Kier molecular flexibility index (Phi) is 2.81. The molecule has 1 aromatic rings. The molecule has 2 rings (SSSR count). The maximum absolute atomic E-state index is 2.47. The second-order valence-corrected chi connectivity index (χ2v) is 4.44. The van der Waals surface area contributed by atoms with Crippen molar-refractivity contribution in [2.24, 2.45) is 5.92 Å². The molecule has 80 valence electrons. The number of hydrogen-bond donors (Lipinski definition) is 0. The van der Waals surface area contributed by atoms with Crippen LogP contribution in [-0.2, 0) is 6.54 Å². The van der Waals surface area contributed by atoms with Gasteiger partial charge < -0.3 is 4.90 Å². The summed E-state index contributed by atoms with van der Waals surface area (Å²) in [6.07, 6.45) is 2.34. The predicted molar refractivity (Wildman–Crippen MR) is 65.3 cm³/mol. The molecular weight excluding hydrogens is 182 g/mol. The summed E-state index contributed by atoms with van der Waals surface area (Å²) in [7, 11) is 0. The Bertz CT molecular complexity index is 377. The molecule has 1 aliphatic heterocycles. The van der Waals surface area contributed by atoms with Crippen LogP contribution in [0.2, 0.25) is 0 Å². The molecule has 0 N–H and O–H groups in total. The topological polar surface area (TPSA) is 3.24 Å². The molecule has 1 aromatic carbocycles. The molecule has 0 spiro atoms. The van der Waals surface area contributed by atoms with E-state index in [4.69, 9.17) is 0 Å². The molecule has 0 saturated heterocycles. The van der Waals surface area contributed by atoms with Crippen molar-refractivity contribution in [3.8, 4) is 0 Å². The Balaban J connectivity index is 2.42. The minimum absolute atomic E-state index is 0.610. The SMILES string of the molecule is CCN1Cc2ccccc2C=C1C(C)C. The number of rotatable bonds is 2. The molecule has 0 bridgehead atoms. The van der Waals surface area contributed by atoms with E-state index in [9.17, 15) is 0 Å². The maximum atomic E-state index is 2.47. The molecule has 1 nitrogen and oxygen atoms in total. The van der Waals surface area contributed by atoms with Crippen LogP contribution in [0.3, 0.4) is 0 Å². The summed E-state index contributed by atoms with van der Waals surface area (Å²) in [6, 6.07) is 8.69. The van der Waals surface area contributed by atoms with Gasteiger partial charge >= 0.3 is 0 Å². The van der Waals surface area contributed by atoms with E-state index >= 15 is 0 Å². The molecule has 1 heteroatoms. The highest BCUT2D eigenvalue weighted by Crippen LogP contribution is 2.28. The molecule has 1 aliphatic rings. The summed E-state index contributed by atoms with van der Waals surface area (Å²) in [5.74, 6) is 0.610. The van der Waals surface area contributed by atoms with Gasteiger partial charge in [-0.2, -0.15) is 0 Å². The van der Waals surface area contributed by atoms with Crippen LogP contribution in [-0.4, -0.2) is 11.4 Å². The molecule has 1 heterocycles. The van der Waals surface area contributed by atoms with E-state index in [1.54, 1.807) is 0 Å². The average molecular weight is 201 g/mol. The Hall–Kier alpha value is -1.24. The minimum Gasteiger partial charge on any atom is -0.371 e. The number of fused-ring (bicyclic) bond motifs is 1. The van der Waals surface area contributed by atoms with Gasteiger partial charge in [0.05, 0.1) is 0 Å². The first kappa shape index (κ1) is 10.3. The summed E-state index contributed by atoms with van der Waals surface area (Å²) in [5, 5.41) is 0. The van der Waals surface area contributed by atoms with Crippen molar-refractivity contribution >= 4 is 6.08 Å². The van der Waals surface area contributed by atoms with E-state index in [1.807, 2.05) is 0 Å². The summed E-state index contributed by atoms with van der Waals surface area (Å²) in [6.45, 7) is 8.92. The highest BCUT2D eigenvalue weighted by Gasteiger charge is 2.17. The van der Waals surface area contributed by atoms with Crippen molar-refractivity contribution in [1.82, 2.24) is 4.90 Å². The van der Waals surface area contributed by atoms with E-state index in [0.717, 1.165) is 13.1 Å². The molecule has 0 unspecified atom stereocenters. The van der Waals surface area contributed by atoms with Crippen LogP contribution < -0.4 is 0 Å². The van der Waals surface area contributed by atoms with Gasteiger partial charge in [-0.1, -0.05) is 38.1 Å². The Morgan fingerprint density at radius 2 is 2.00 bits per heavy atom. The molecule has 0 aliphatic carbocycles. The minimum atomic E-state index is 0.610. The smallest absolute Gasteiger partial charge is 0.0432 e. The molecule has 0 aromatic heterocycles. The van der Waals surface area contributed by atoms with E-state index in [-0.39, 0.29) is 0 Å². The molecule has 0 fully saturated rings. The summed E-state index contributed by atoms with van der Waals surface area (Å²) in [5.41, 5.74) is 4.31. The molecule has 0 saturated carbocycles. The highest BCUT2D eigenvalue weighted by atomic mass is 15.1. The van der Waals surface area contributed by atoms with Crippen LogP contribution in [0.15, 0.2) is 30.0 Å². The number of benzene rings is 1. The molecule has 15 heavy (non-hydrogen) atoms. The van der Waals surface area contributed by atoms with Crippen LogP contribution in [0.25, 0.3) is 6.08 Å². The molecule has 0 amide bonds. The van der Waals surface area contributed by atoms with Crippen LogP contribution in [0, 0.1) is 5.92 Å². The van der Waals surface area contributed by atoms with Gasteiger partial charge in [0.15, 0.2) is 0 Å². The van der Waals surface area contributed by atoms with Crippen molar-refractivity contribution in [3.05, 3.63) is 41.1 Å². The third-order valence-electron chi connectivity index (χ3n) is 3.06. The van der Waals surface area contributed by atoms with Crippen LogP contribution >= 0.6 is 0 Å². The fourth-order valence-corrected chi connectivity index (χ4v) is 2.19. The lowest BCUT2D eigenvalue weighted by molar-refractivity contribution is 0.319. The average Bonchev–Trinajstić information content (AvgIpc) is 2.27. The summed E-state index contributed by atoms with van der Waals surface area (Å²) in [4.78, 5) is 2.47. The quantitative estimate of drug-likeness (QED) is 0.707. The van der Waals surface area contributed by atoms with Crippen molar-refractivity contribution in [2.45, 2.75) is 27.3 Å². The second-order valence-electron chi connectivity index (χ2n) is 4.44. The van der Waals surface area contributed by atoms with Crippen molar-refractivity contribution in [3.63, 3.8) is 0 Å². The molecule has 0 atom stereocenters. The van der Waals surface area contributed by atoms with Gasteiger partial charge in [-0.15, -0.1) is 0 Å². The fraction of sp³-hybridized carbons (Fsp3) is 0.429. The van der Waals surface area contributed by atoms with E-state index in [1.165, 1.54) is 16.8 Å². The number of hydrogen-bond acceptors (Lipinski definition) is 1. The third kappa shape index (κ3) is 1.92. The first-order chi connectivity index (χ1) is 7.22. The summed E-state index contributed by atoms with van der Waals surface area (Å²) < 4.78 is 0. The van der Waals surface area contributed by atoms with Gasteiger partial charge in [0.25, 0.3) is 0 Å². The zero-order valence-corrected chi connectivity index (χ0v) is 9.83. The highest BCUT2D eigenvalue weighted by molar-refractivity contribution is 5.59. The largest absolute Gasteiger partial charge is 0.371 e. The van der Waals surface area contributed by atoms with E-state index in [2.05, 4.69) is 56.0 Å². The molecular formula is C14H19N. The van der Waals surface area contributed by atoms with Crippen molar-refractivity contribution in [1.29, 1.82) is 0 Å². The Morgan fingerprint density at radius 3 is 2.67 bits per heavy atom. The lowest BCUT2D eigenvalue weighted by atomic mass is 9.97. The van der Waals surface area contributed by atoms with Gasteiger partial charge in [0.1, 0.15) is 0 Å². The Morgan fingerprint density at radius 1 is 1.27 bits per heavy atom. The second kappa shape index (κ2) is 4.09. The van der Waals surface area contributed by atoms with Crippen molar-refractivity contribution < 1.29 is 0 Å². The van der Waals surface area contributed by atoms with Gasteiger partial charge in [-0.05, 0) is 30.0 Å². The van der Waals surface area contributed by atoms with Crippen LogP contribution in [0.1, 0.15) is 31.9 Å².